The third-order valence-corrected chi connectivity index (χ3v) is 2.66. The lowest BCUT2D eigenvalue weighted by Gasteiger charge is -2.04. The van der Waals surface area contributed by atoms with Crippen molar-refractivity contribution >= 4 is 18.0 Å². The van der Waals surface area contributed by atoms with E-state index in [0.29, 0.717) is 5.57 Å². The van der Waals surface area contributed by atoms with Gasteiger partial charge < -0.3 is 4.74 Å². The van der Waals surface area contributed by atoms with E-state index in [-0.39, 0.29) is 6.42 Å². The van der Waals surface area contributed by atoms with Gasteiger partial charge in [-0.2, -0.15) is 0 Å². The van der Waals surface area contributed by atoms with Crippen LogP contribution < -0.4 is 0 Å². The molecule has 0 spiro atoms. The highest BCUT2D eigenvalue weighted by atomic mass is 16.6. The fraction of sp³-hybridized carbons (Fsp3) is 0.231. The number of ether oxygens (including phenoxy) is 1. The lowest BCUT2D eigenvalue weighted by molar-refractivity contribution is -0.151. The Bertz CT molecular complexity index is 478. The number of rotatable bonds is 1. The molecule has 0 saturated carbocycles. The molecule has 0 aromatic heterocycles. The van der Waals surface area contributed by atoms with Crippen LogP contribution in [-0.4, -0.2) is 11.9 Å². The first-order chi connectivity index (χ1) is 7.58. The van der Waals surface area contributed by atoms with Crippen LogP contribution in [0.15, 0.2) is 23.8 Å². The van der Waals surface area contributed by atoms with Crippen LogP contribution in [0.3, 0.4) is 0 Å². The van der Waals surface area contributed by atoms with Gasteiger partial charge >= 0.3 is 11.9 Å². The van der Waals surface area contributed by atoms with Gasteiger partial charge in [-0.05, 0) is 36.6 Å². The summed E-state index contributed by atoms with van der Waals surface area (Å²) in [7, 11) is 0. The van der Waals surface area contributed by atoms with Crippen LogP contribution in [-0.2, 0) is 14.3 Å². The summed E-state index contributed by atoms with van der Waals surface area (Å²) in [4.78, 5) is 22.2. The Labute approximate surface area is 93.7 Å². The Kier molecular flexibility index (Phi) is 2.60. The number of benzene rings is 1. The van der Waals surface area contributed by atoms with Gasteiger partial charge in [0.2, 0.25) is 0 Å². The van der Waals surface area contributed by atoms with Crippen molar-refractivity contribution in [2.24, 2.45) is 0 Å². The molecule has 0 unspecified atom stereocenters. The molecule has 16 heavy (non-hydrogen) atoms. The molecule has 0 N–H and O–H groups in total. The zero-order valence-corrected chi connectivity index (χ0v) is 9.24. The molecule has 0 bridgehead atoms. The summed E-state index contributed by atoms with van der Waals surface area (Å²) < 4.78 is 4.48. The Morgan fingerprint density at radius 3 is 2.31 bits per heavy atom. The van der Waals surface area contributed by atoms with Crippen LogP contribution in [0.4, 0.5) is 0 Å². The normalized spacial score (nSPS) is 18.0. The number of hydrogen-bond acceptors (Lipinski definition) is 3. The van der Waals surface area contributed by atoms with Gasteiger partial charge in [-0.3, -0.25) is 4.79 Å². The predicted molar refractivity (Wildman–Crippen MR) is 59.6 cm³/mol. The topological polar surface area (TPSA) is 43.4 Å². The molecular formula is C13H12O3. The van der Waals surface area contributed by atoms with Crippen molar-refractivity contribution in [2.75, 3.05) is 0 Å². The molecule has 2 rings (SSSR count). The van der Waals surface area contributed by atoms with Gasteiger partial charge in [0.25, 0.3) is 0 Å². The molecule has 3 nitrogen and oxygen atoms in total. The largest absolute Gasteiger partial charge is 0.389 e. The Balaban J connectivity index is 2.44. The quantitative estimate of drug-likeness (QED) is 0.410. The fourth-order valence-electron chi connectivity index (χ4n) is 1.77. The third-order valence-electron chi connectivity index (χ3n) is 2.66. The van der Waals surface area contributed by atoms with E-state index >= 15 is 0 Å². The van der Waals surface area contributed by atoms with Crippen molar-refractivity contribution in [1.29, 1.82) is 0 Å². The molecule has 1 heterocycles. The summed E-state index contributed by atoms with van der Waals surface area (Å²) in [6, 6.07) is 5.91. The highest BCUT2D eigenvalue weighted by Crippen LogP contribution is 2.22. The first-order valence-electron chi connectivity index (χ1n) is 5.09. The van der Waals surface area contributed by atoms with Crippen molar-refractivity contribution in [3.8, 4) is 0 Å². The molecule has 1 aromatic rings. The molecule has 0 radical (unpaired) electrons. The Hall–Kier alpha value is -1.90. The fourth-order valence-corrected chi connectivity index (χ4v) is 1.77. The summed E-state index contributed by atoms with van der Waals surface area (Å²) in [5.74, 6) is -0.991. The average Bonchev–Trinajstić information content (AvgIpc) is 2.51. The smallest absolute Gasteiger partial charge is 0.342 e. The van der Waals surface area contributed by atoms with Crippen LogP contribution >= 0.6 is 0 Å². The lowest BCUT2D eigenvalue weighted by atomic mass is 10.00. The van der Waals surface area contributed by atoms with E-state index in [9.17, 15) is 9.59 Å². The van der Waals surface area contributed by atoms with Gasteiger partial charge in [-0.1, -0.05) is 18.2 Å². The Morgan fingerprint density at radius 1 is 1.19 bits per heavy atom. The molecule has 82 valence electrons. The third kappa shape index (κ3) is 1.89. The average molecular weight is 216 g/mol. The zero-order chi connectivity index (χ0) is 11.7. The van der Waals surface area contributed by atoms with Gasteiger partial charge in [0.05, 0.1) is 6.42 Å². The van der Waals surface area contributed by atoms with Gasteiger partial charge in [-0.15, -0.1) is 0 Å². The van der Waals surface area contributed by atoms with Gasteiger partial charge in [0.1, 0.15) is 0 Å². The minimum atomic E-state index is -0.521. The molecule has 3 heteroatoms. The molecule has 1 aromatic carbocycles. The number of esters is 2. The highest BCUT2D eigenvalue weighted by Gasteiger charge is 2.26. The molecule has 0 atom stereocenters. The lowest BCUT2D eigenvalue weighted by Crippen LogP contribution is -1.97. The SMILES string of the molecule is Cc1cccc(C)c1/C=C1/CC(=O)OC1=O. The van der Waals surface area contributed by atoms with E-state index in [4.69, 9.17) is 0 Å². The van der Waals surface area contributed by atoms with E-state index in [1.807, 2.05) is 32.0 Å². The van der Waals surface area contributed by atoms with Crippen molar-refractivity contribution in [3.63, 3.8) is 0 Å². The maximum absolute atomic E-state index is 11.3. The van der Waals surface area contributed by atoms with Crippen LogP contribution in [0.2, 0.25) is 0 Å². The van der Waals surface area contributed by atoms with Crippen LogP contribution in [0.1, 0.15) is 23.1 Å². The first-order valence-corrected chi connectivity index (χ1v) is 5.09. The summed E-state index contributed by atoms with van der Waals surface area (Å²) in [6.07, 6.45) is 1.82. The first kappa shape index (κ1) is 10.6. The monoisotopic (exact) mass is 216 g/mol. The maximum Gasteiger partial charge on any atom is 0.342 e. The molecule has 1 aliphatic heterocycles. The summed E-state index contributed by atoms with van der Waals surface area (Å²) in [6.45, 7) is 3.95. The number of carbonyl (C=O) groups is 2. The van der Waals surface area contributed by atoms with Crippen molar-refractivity contribution in [3.05, 3.63) is 40.5 Å². The van der Waals surface area contributed by atoms with Gasteiger partial charge in [0.15, 0.2) is 0 Å². The molecule has 1 fully saturated rings. The van der Waals surface area contributed by atoms with Crippen LogP contribution in [0, 0.1) is 13.8 Å². The van der Waals surface area contributed by atoms with E-state index < -0.39 is 11.9 Å². The van der Waals surface area contributed by atoms with E-state index in [1.165, 1.54) is 0 Å². The number of carbonyl (C=O) groups excluding carboxylic acids is 2. The molecule has 1 aliphatic rings. The number of hydrogen-bond donors (Lipinski definition) is 0. The van der Waals surface area contributed by atoms with Gasteiger partial charge in [0, 0.05) is 5.57 Å². The summed E-state index contributed by atoms with van der Waals surface area (Å²) in [5.41, 5.74) is 3.59. The second-order valence-electron chi connectivity index (χ2n) is 3.91. The van der Waals surface area contributed by atoms with E-state index in [2.05, 4.69) is 4.74 Å². The maximum atomic E-state index is 11.3. The molecule has 1 saturated heterocycles. The standard InChI is InChI=1S/C13H12O3/c1-8-4-3-5-9(2)11(8)6-10-7-12(14)16-13(10)15/h3-6H,7H2,1-2H3/b10-6-. The van der Waals surface area contributed by atoms with E-state index in [1.54, 1.807) is 6.08 Å². The van der Waals surface area contributed by atoms with Crippen LogP contribution in [0.5, 0.6) is 0 Å². The van der Waals surface area contributed by atoms with E-state index in [0.717, 1.165) is 16.7 Å². The molecule has 0 aliphatic carbocycles. The predicted octanol–water partition coefficient (Wildman–Crippen LogP) is 2.16. The van der Waals surface area contributed by atoms with Crippen molar-refractivity contribution in [2.45, 2.75) is 20.3 Å². The number of aryl methyl sites for hydroxylation is 2. The molecule has 0 amide bonds. The Morgan fingerprint density at radius 2 is 1.81 bits per heavy atom. The van der Waals surface area contributed by atoms with Crippen LogP contribution in [0.25, 0.3) is 6.08 Å². The minimum Gasteiger partial charge on any atom is -0.389 e. The zero-order valence-electron chi connectivity index (χ0n) is 9.24. The van der Waals surface area contributed by atoms with Crippen molar-refractivity contribution in [1.82, 2.24) is 0 Å². The second-order valence-corrected chi connectivity index (χ2v) is 3.91. The van der Waals surface area contributed by atoms with Gasteiger partial charge in [-0.25, -0.2) is 4.79 Å². The second kappa shape index (κ2) is 3.93. The summed E-state index contributed by atoms with van der Waals surface area (Å²) in [5, 5.41) is 0. The van der Waals surface area contributed by atoms with Crippen molar-refractivity contribution < 1.29 is 14.3 Å². The summed E-state index contributed by atoms with van der Waals surface area (Å²) >= 11 is 0. The number of cyclic esters (lactones) is 2. The minimum absolute atomic E-state index is 0.0760. The molecular weight excluding hydrogens is 204 g/mol. The highest BCUT2D eigenvalue weighted by molar-refractivity contribution is 6.08.